The van der Waals surface area contributed by atoms with E-state index in [-0.39, 0.29) is 11.3 Å². The Labute approximate surface area is 213 Å². The summed E-state index contributed by atoms with van der Waals surface area (Å²) < 4.78 is 13.0. The summed E-state index contributed by atoms with van der Waals surface area (Å²) in [6, 6.07) is 19.4. The molecule has 178 valence electrons. The molecule has 3 aromatic carbocycles. The van der Waals surface area contributed by atoms with Gasteiger partial charge in [0.05, 0.1) is 6.61 Å². The quantitative estimate of drug-likeness (QED) is 0.136. The lowest BCUT2D eigenvalue weighted by atomic mass is 10.0. The fourth-order valence-electron chi connectivity index (χ4n) is 3.30. The second kappa shape index (κ2) is 12.4. The zero-order valence-corrected chi connectivity index (χ0v) is 20.8. The smallest absolute Gasteiger partial charge is 0.266 e. The topological polar surface area (TPSA) is 91.6 Å². The molecule has 0 fully saturated rings. The molecular weight excluding hydrogens is 508 g/mol. The minimum Gasteiger partial charge on any atom is -0.508 e. The number of benzene rings is 3. The summed E-state index contributed by atoms with van der Waals surface area (Å²) in [7, 11) is 0. The zero-order valence-electron chi connectivity index (χ0n) is 19.3. The third-order valence-electron chi connectivity index (χ3n) is 4.92. The molecule has 35 heavy (non-hydrogen) atoms. The van der Waals surface area contributed by atoms with E-state index < -0.39 is 5.91 Å². The number of halogens is 1. The van der Waals surface area contributed by atoms with Gasteiger partial charge in [-0.05, 0) is 79.1 Å². The van der Waals surface area contributed by atoms with E-state index in [4.69, 9.17) is 9.47 Å². The Morgan fingerprint density at radius 3 is 2.49 bits per heavy atom. The molecule has 0 unspecified atom stereocenters. The molecule has 0 saturated carbocycles. The van der Waals surface area contributed by atoms with Crippen molar-refractivity contribution in [2.24, 2.45) is 0 Å². The number of rotatable bonds is 10. The molecule has 6 nitrogen and oxygen atoms in total. The SMILES string of the molecule is C=CCc1cc(/C=C(\C#N)C(=O)Nc2ccc(O)cc2)cc(OCC)c1OCc1ccc(Br)cc1. The van der Waals surface area contributed by atoms with Crippen LogP contribution in [0.2, 0.25) is 0 Å². The zero-order chi connectivity index (χ0) is 25.2. The summed E-state index contributed by atoms with van der Waals surface area (Å²) >= 11 is 3.43. The van der Waals surface area contributed by atoms with Crippen molar-refractivity contribution in [2.45, 2.75) is 20.0 Å². The van der Waals surface area contributed by atoms with Gasteiger partial charge in [0.25, 0.3) is 5.91 Å². The Morgan fingerprint density at radius 2 is 1.86 bits per heavy atom. The van der Waals surface area contributed by atoms with Crippen LogP contribution in [0.3, 0.4) is 0 Å². The van der Waals surface area contributed by atoms with Crippen LogP contribution in [0.1, 0.15) is 23.6 Å². The summed E-state index contributed by atoms with van der Waals surface area (Å²) in [5.41, 5.74) is 2.84. The van der Waals surface area contributed by atoms with E-state index >= 15 is 0 Å². The maximum absolute atomic E-state index is 12.7. The summed E-state index contributed by atoms with van der Waals surface area (Å²) in [6.07, 6.45) is 3.77. The van der Waals surface area contributed by atoms with Crippen molar-refractivity contribution < 1.29 is 19.4 Å². The average molecular weight is 533 g/mol. The van der Waals surface area contributed by atoms with E-state index in [9.17, 15) is 15.2 Å². The minimum absolute atomic E-state index is 0.0754. The van der Waals surface area contributed by atoms with Gasteiger partial charge in [-0.25, -0.2) is 0 Å². The number of phenolic OH excluding ortho intramolecular Hbond substituents is 1. The van der Waals surface area contributed by atoms with Crippen LogP contribution in [0, 0.1) is 11.3 Å². The first-order chi connectivity index (χ1) is 16.9. The number of anilines is 1. The fourth-order valence-corrected chi connectivity index (χ4v) is 3.56. The van der Waals surface area contributed by atoms with Crippen LogP contribution in [-0.2, 0) is 17.8 Å². The number of carbonyl (C=O) groups is 1. The third kappa shape index (κ3) is 7.23. The minimum atomic E-state index is -0.558. The van der Waals surface area contributed by atoms with E-state index in [1.54, 1.807) is 24.3 Å². The number of carbonyl (C=O) groups excluding carboxylic acids is 1. The van der Waals surface area contributed by atoms with E-state index in [2.05, 4.69) is 27.8 Å². The Morgan fingerprint density at radius 1 is 1.14 bits per heavy atom. The maximum Gasteiger partial charge on any atom is 0.266 e. The number of nitrogens with zero attached hydrogens (tertiary/aromatic N) is 1. The van der Waals surface area contributed by atoms with E-state index in [1.807, 2.05) is 43.3 Å². The number of aromatic hydroxyl groups is 1. The van der Waals surface area contributed by atoms with E-state index in [0.29, 0.717) is 42.4 Å². The number of allylic oxidation sites excluding steroid dienone is 1. The molecule has 0 saturated heterocycles. The second-order valence-electron chi connectivity index (χ2n) is 7.52. The number of phenols is 1. The third-order valence-corrected chi connectivity index (χ3v) is 5.44. The predicted octanol–water partition coefficient (Wildman–Crippen LogP) is 6.41. The molecule has 1 amide bonds. The van der Waals surface area contributed by atoms with Gasteiger partial charge < -0.3 is 19.9 Å². The average Bonchev–Trinajstić information content (AvgIpc) is 2.85. The lowest BCUT2D eigenvalue weighted by Crippen LogP contribution is -2.13. The van der Waals surface area contributed by atoms with Crippen molar-refractivity contribution in [2.75, 3.05) is 11.9 Å². The molecule has 7 heteroatoms. The predicted molar refractivity (Wildman–Crippen MR) is 140 cm³/mol. The van der Waals surface area contributed by atoms with Gasteiger partial charge >= 0.3 is 0 Å². The molecule has 0 aliphatic carbocycles. The van der Waals surface area contributed by atoms with Gasteiger partial charge in [-0.1, -0.05) is 34.1 Å². The number of hydrogen-bond donors (Lipinski definition) is 2. The van der Waals surface area contributed by atoms with Gasteiger partial charge in [0.2, 0.25) is 0 Å². The number of amides is 1. The van der Waals surface area contributed by atoms with Crippen molar-refractivity contribution >= 4 is 33.6 Å². The molecule has 3 rings (SSSR count). The first kappa shape index (κ1) is 25.6. The molecule has 0 aliphatic heterocycles. The molecule has 0 heterocycles. The van der Waals surface area contributed by atoms with E-state index in [1.165, 1.54) is 18.2 Å². The summed E-state index contributed by atoms with van der Waals surface area (Å²) in [4.78, 5) is 12.7. The monoisotopic (exact) mass is 532 g/mol. The Bertz CT molecular complexity index is 1260. The van der Waals surface area contributed by atoms with Crippen molar-refractivity contribution in [1.29, 1.82) is 5.26 Å². The molecule has 0 bridgehead atoms. The number of ether oxygens (including phenoxy) is 2. The lowest BCUT2D eigenvalue weighted by Gasteiger charge is -2.17. The van der Waals surface area contributed by atoms with Crippen LogP contribution in [0.5, 0.6) is 17.2 Å². The van der Waals surface area contributed by atoms with Gasteiger partial charge in [-0.2, -0.15) is 5.26 Å². The van der Waals surface area contributed by atoms with Gasteiger partial charge in [0.1, 0.15) is 24.0 Å². The highest BCUT2D eigenvalue weighted by Gasteiger charge is 2.15. The second-order valence-corrected chi connectivity index (χ2v) is 8.43. The Kier molecular flexibility index (Phi) is 9.10. The fraction of sp³-hybridized carbons (Fsp3) is 0.143. The van der Waals surface area contributed by atoms with Gasteiger partial charge in [0.15, 0.2) is 11.5 Å². The molecule has 0 spiro atoms. The Hall–Kier alpha value is -4.02. The van der Waals surface area contributed by atoms with Crippen LogP contribution >= 0.6 is 15.9 Å². The van der Waals surface area contributed by atoms with Crippen molar-refractivity contribution in [3.05, 3.63) is 100 Å². The maximum atomic E-state index is 12.7. The van der Waals surface area contributed by atoms with Gasteiger partial charge in [-0.3, -0.25) is 4.79 Å². The van der Waals surface area contributed by atoms with Gasteiger partial charge in [0, 0.05) is 15.7 Å². The molecule has 0 radical (unpaired) electrons. The summed E-state index contributed by atoms with van der Waals surface area (Å²) in [6.45, 7) is 6.48. The van der Waals surface area contributed by atoms with Crippen molar-refractivity contribution in [1.82, 2.24) is 0 Å². The molecular formula is C28H25BrN2O4. The highest BCUT2D eigenvalue weighted by atomic mass is 79.9. The number of hydrogen-bond acceptors (Lipinski definition) is 5. The normalized spacial score (nSPS) is 10.8. The van der Waals surface area contributed by atoms with Crippen molar-refractivity contribution in [3.8, 4) is 23.3 Å². The number of nitrogens with one attached hydrogen (secondary N) is 1. The lowest BCUT2D eigenvalue weighted by molar-refractivity contribution is -0.112. The van der Waals surface area contributed by atoms with Crippen LogP contribution in [0.4, 0.5) is 5.69 Å². The Balaban J connectivity index is 1.91. The highest BCUT2D eigenvalue weighted by molar-refractivity contribution is 9.10. The molecule has 0 aliphatic rings. The van der Waals surface area contributed by atoms with E-state index in [0.717, 1.165) is 15.6 Å². The first-order valence-electron chi connectivity index (χ1n) is 10.9. The van der Waals surface area contributed by atoms with Crippen LogP contribution < -0.4 is 14.8 Å². The van der Waals surface area contributed by atoms with Crippen LogP contribution in [0.25, 0.3) is 6.08 Å². The van der Waals surface area contributed by atoms with Crippen LogP contribution in [0.15, 0.2) is 83.4 Å². The number of nitriles is 1. The largest absolute Gasteiger partial charge is 0.508 e. The van der Waals surface area contributed by atoms with Crippen molar-refractivity contribution in [3.63, 3.8) is 0 Å². The first-order valence-corrected chi connectivity index (χ1v) is 11.7. The standard InChI is InChI=1S/C28H25BrN2O4/c1-3-5-21-14-20(15-22(17-30)28(33)31-24-10-12-25(32)13-11-24)16-26(34-4-2)27(21)35-18-19-6-8-23(29)9-7-19/h3,6-16,32H,1,4-5,18H2,2H3,(H,31,33)/b22-15+. The summed E-state index contributed by atoms with van der Waals surface area (Å²) in [5.74, 6) is 0.641. The molecule has 0 atom stereocenters. The molecule has 3 aromatic rings. The summed E-state index contributed by atoms with van der Waals surface area (Å²) in [5, 5.41) is 21.7. The molecule has 0 aromatic heterocycles. The van der Waals surface area contributed by atoms with Gasteiger partial charge in [-0.15, -0.1) is 6.58 Å². The highest BCUT2D eigenvalue weighted by Crippen LogP contribution is 2.35. The molecule has 2 N–H and O–H groups in total. The van der Waals surface area contributed by atoms with Crippen LogP contribution in [-0.4, -0.2) is 17.6 Å².